The van der Waals surface area contributed by atoms with Gasteiger partial charge in [0.25, 0.3) is 0 Å². The van der Waals surface area contributed by atoms with Crippen molar-refractivity contribution in [1.82, 2.24) is 14.7 Å². The van der Waals surface area contributed by atoms with Crippen LogP contribution >= 0.6 is 0 Å². The van der Waals surface area contributed by atoms with Gasteiger partial charge in [0, 0.05) is 57.4 Å². The van der Waals surface area contributed by atoms with Crippen LogP contribution in [0.1, 0.15) is 64.9 Å². The van der Waals surface area contributed by atoms with Gasteiger partial charge in [0.05, 0.1) is 12.5 Å². The van der Waals surface area contributed by atoms with Gasteiger partial charge in [-0.15, -0.1) is 0 Å². The van der Waals surface area contributed by atoms with Crippen LogP contribution in [0, 0.1) is 23.6 Å². The number of urea groups is 1. The highest BCUT2D eigenvalue weighted by atomic mass is 19.1. The third kappa shape index (κ3) is 9.56. The summed E-state index contributed by atoms with van der Waals surface area (Å²) in [5.41, 5.74) is 1.73. The van der Waals surface area contributed by atoms with E-state index in [-0.39, 0.29) is 30.4 Å². The minimum absolute atomic E-state index is 0.0848. The number of aliphatic hydroxyl groups is 1. The molecule has 1 aliphatic carbocycles. The minimum atomic E-state index is -0.894. The number of aliphatic hydroxyl groups excluding tert-OH is 1. The predicted molar refractivity (Wildman–Crippen MR) is 178 cm³/mol. The van der Waals surface area contributed by atoms with E-state index in [4.69, 9.17) is 9.47 Å². The number of carbonyl (C=O) groups excluding carboxylic acids is 3. The average molecular weight is 655 g/mol. The highest BCUT2D eigenvalue weighted by Gasteiger charge is 2.33. The molecule has 11 heteroatoms. The molecule has 0 unspecified atom stereocenters. The van der Waals surface area contributed by atoms with Crippen LogP contribution in [0.25, 0.3) is 6.08 Å². The molecule has 2 saturated heterocycles. The van der Waals surface area contributed by atoms with Crippen LogP contribution in [-0.2, 0) is 14.3 Å². The Morgan fingerprint density at radius 2 is 1.77 bits per heavy atom. The Bertz CT molecular complexity index is 1340. The molecule has 3 aliphatic heterocycles. The van der Waals surface area contributed by atoms with Gasteiger partial charge in [-0.1, -0.05) is 26.0 Å². The summed E-state index contributed by atoms with van der Waals surface area (Å²) >= 11 is 0. The number of likely N-dealkylation sites (N-methyl/N-ethyl adjacent to an activating group) is 1. The number of hydrogen-bond acceptors (Lipinski definition) is 7. The fourth-order valence-corrected chi connectivity index (χ4v) is 6.61. The lowest BCUT2D eigenvalue weighted by molar-refractivity contribution is -0.151. The van der Waals surface area contributed by atoms with Crippen molar-refractivity contribution < 1.29 is 33.4 Å². The van der Waals surface area contributed by atoms with Gasteiger partial charge in [0.1, 0.15) is 18.0 Å². The molecule has 5 atom stereocenters. The number of hydrogen-bond donors (Lipinski definition) is 1. The standard InChI is InChI=1S/C36H51FN4O6/c1-24-6-10-31(42)22-33(43)47-34(25(2)7-11-32(24)46-36(45)39-16-14-38(4)15-17-39)26(3)18-28-19-29(37)21-30(20-28)41-13-5-12-40(35(41)44)23-27-8-9-27/h7,11,18-21,24-25,27,31-32,34,42H,5-6,8-10,12-17,22-23H2,1-4H3/b11-7+,26-18+/t24-,25-,31+,32-,34-/m0/s1. The molecule has 5 rings (SSSR count). The molecule has 1 N–H and O–H groups in total. The number of benzene rings is 1. The maximum absolute atomic E-state index is 15.0. The molecule has 4 aliphatic rings. The molecule has 258 valence electrons. The third-order valence-electron chi connectivity index (χ3n) is 9.80. The topological polar surface area (TPSA) is 103 Å². The molecule has 3 fully saturated rings. The summed E-state index contributed by atoms with van der Waals surface area (Å²) in [4.78, 5) is 46.7. The molecule has 10 nitrogen and oxygen atoms in total. The van der Waals surface area contributed by atoms with Crippen molar-refractivity contribution in [2.45, 2.75) is 77.6 Å². The second kappa shape index (κ2) is 15.6. The fourth-order valence-electron chi connectivity index (χ4n) is 6.61. The number of nitrogens with zero attached hydrogens (tertiary/aromatic N) is 4. The highest BCUT2D eigenvalue weighted by molar-refractivity contribution is 5.93. The minimum Gasteiger partial charge on any atom is -0.457 e. The number of cyclic esters (lactones) is 1. The molecule has 3 amide bonds. The second-order valence-electron chi connectivity index (χ2n) is 14.0. The molecule has 47 heavy (non-hydrogen) atoms. The first kappa shape index (κ1) is 34.9. The fraction of sp³-hybridized carbons (Fsp3) is 0.639. The summed E-state index contributed by atoms with van der Waals surface area (Å²) < 4.78 is 26.9. The van der Waals surface area contributed by atoms with Crippen molar-refractivity contribution in [2.24, 2.45) is 17.8 Å². The number of carbonyl (C=O) groups is 3. The van der Waals surface area contributed by atoms with Crippen LogP contribution in [0.15, 0.2) is 35.9 Å². The Morgan fingerprint density at radius 1 is 1.02 bits per heavy atom. The molecule has 0 radical (unpaired) electrons. The van der Waals surface area contributed by atoms with Crippen LogP contribution in [0.4, 0.5) is 19.7 Å². The van der Waals surface area contributed by atoms with Crippen LogP contribution in [0.2, 0.25) is 0 Å². The zero-order valence-corrected chi connectivity index (χ0v) is 28.3. The maximum atomic E-state index is 15.0. The smallest absolute Gasteiger partial charge is 0.410 e. The van der Waals surface area contributed by atoms with Gasteiger partial charge in [-0.05, 0) is 93.3 Å². The molecular weight excluding hydrogens is 603 g/mol. The number of rotatable bonds is 6. The largest absolute Gasteiger partial charge is 0.457 e. The number of halogens is 1. The van der Waals surface area contributed by atoms with Crippen molar-refractivity contribution >= 4 is 29.9 Å². The lowest BCUT2D eigenvalue weighted by Crippen LogP contribution is -2.50. The quantitative estimate of drug-likeness (QED) is 0.328. The SMILES string of the molecule is C/C(=C\c1cc(F)cc(N2CCCN(CC3CC3)C2=O)c1)[C@H]1OC(=O)C[C@H](O)CC[C@H](C)[C@@H](OC(=O)N2CCN(C)CC2)/C=C/[C@@H]1C. The van der Waals surface area contributed by atoms with Crippen molar-refractivity contribution in [1.29, 1.82) is 0 Å². The van der Waals surface area contributed by atoms with E-state index in [0.29, 0.717) is 55.2 Å². The summed E-state index contributed by atoms with van der Waals surface area (Å²) in [6.07, 6.45) is 6.95. The third-order valence-corrected chi connectivity index (χ3v) is 9.80. The van der Waals surface area contributed by atoms with E-state index < -0.39 is 30.1 Å². The van der Waals surface area contributed by atoms with Crippen molar-refractivity contribution in [3.63, 3.8) is 0 Å². The van der Waals surface area contributed by atoms with Gasteiger partial charge in [0.15, 0.2) is 0 Å². The summed E-state index contributed by atoms with van der Waals surface area (Å²) in [5, 5.41) is 10.6. The number of anilines is 1. The van der Waals surface area contributed by atoms with Gasteiger partial charge in [0.2, 0.25) is 0 Å². The predicted octanol–water partition coefficient (Wildman–Crippen LogP) is 5.31. The first-order valence-electron chi connectivity index (χ1n) is 17.2. The Labute approximate surface area is 278 Å². The van der Waals surface area contributed by atoms with E-state index in [9.17, 15) is 23.9 Å². The van der Waals surface area contributed by atoms with E-state index in [1.165, 1.54) is 12.1 Å². The normalized spacial score (nSPS) is 29.5. The highest BCUT2D eigenvalue weighted by Crippen LogP contribution is 2.32. The van der Waals surface area contributed by atoms with Crippen LogP contribution in [0.5, 0.6) is 0 Å². The Hall–Kier alpha value is -3.44. The van der Waals surface area contributed by atoms with Gasteiger partial charge in [-0.3, -0.25) is 9.69 Å². The summed E-state index contributed by atoms with van der Waals surface area (Å²) in [5.74, 6) is -0.813. The first-order chi connectivity index (χ1) is 22.5. The van der Waals surface area contributed by atoms with Crippen LogP contribution in [0.3, 0.4) is 0 Å². The zero-order chi connectivity index (χ0) is 33.7. The van der Waals surface area contributed by atoms with Gasteiger partial charge in [-0.25, -0.2) is 14.0 Å². The van der Waals surface area contributed by atoms with E-state index >= 15 is 0 Å². The molecule has 0 aromatic heterocycles. The number of esters is 1. The van der Waals surface area contributed by atoms with Crippen molar-refractivity contribution in [3.8, 4) is 0 Å². The van der Waals surface area contributed by atoms with E-state index in [0.717, 1.165) is 45.4 Å². The number of amides is 3. The number of ether oxygens (including phenoxy) is 2. The molecular formula is C36H51FN4O6. The molecule has 0 bridgehead atoms. The summed E-state index contributed by atoms with van der Waals surface area (Å²) in [7, 11) is 2.03. The maximum Gasteiger partial charge on any atom is 0.410 e. The Morgan fingerprint density at radius 3 is 2.49 bits per heavy atom. The van der Waals surface area contributed by atoms with Gasteiger partial charge < -0.3 is 29.3 Å². The summed E-state index contributed by atoms with van der Waals surface area (Å²) in [6.45, 7) is 10.5. The Kier molecular flexibility index (Phi) is 11.6. The van der Waals surface area contributed by atoms with Crippen LogP contribution in [-0.4, -0.2) is 109 Å². The monoisotopic (exact) mass is 654 g/mol. The zero-order valence-electron chi connectivity index (χ0n) is 28.3. The first-order valence-corrected chi connectivity index (χ1v) is 17.2. The van der Waals surface area contributed by atoms with Crippen LogP contribution < -0.4 is 4.90 Å². The molecule has 1 aromatic carbocycles. The van der Waals surface area contributed by atoms with Crippen molar-refractivity contribution in [2.75, 3.05) is 57.8 Å². The molecule has 0 spiro atoms. The van der Waals surface area contributed by atoms with Gasteiger partial charge in [-0.2, -0.15) is 0 Å². The molecule has 3 heterocycles. The lowest BCUT2D eigenvalue weighted by Gasteiger charge is -2.36. The number of piperazine rings is 1. The summed E-state index contributed by atoms with van der Waals surface area (Å²) in [6, 6.07) is 4.49. The molecule has 1 saturated carbocycles. The second-order valence-corrected chi connectivity index (χ2v) is 14.0. The Balaban J connectivity index is 1.36. The molecule has 1 aromatic rings. The van der Waals surface area contributed by atoms with Crippen molar-refractivity contribution in [3.05, 3.63) is 47.3 Å². The van der Waals surface area contributed by atoms with E-state index in [2.05, 4.69) is 4.90 Å². The van der Waals surface area contributed by atoms with Gasteiger partial charge >= 0.3 is 18.1 Å². The lowest BCUT2D eigenvalue weighted by atomic mass is 9.91. The van der Waals surface area contributed by atoms with E-state index in [1.807, 2.05) is 44.9 Å². The van der Waals surface area contributed by atoms with E-state index in [1.54, 1.807) is 21.9 Å². The average Bonchev–Trinajstić information content (AvgIpc) is 3.85.